The maximum Gasteiger partial charge on any atom is 0.322 e. The van der Waals surface area contributed by atoms with Crippen molar-refractivity contribution in [2.75, 3.05) is 37.0 Å². The fourth-order valence-corrected chi connectivity index (χ4v) is 2.40. The first kappa shape index (κ1) is 14.8. The second-order valence-corrected chi connectivity index (χ2v) is 5.04. The Morgan fingerprint density at radius 3 is 2.60 bits per heavy atom. The Labute approximate surface area is 119 Å². The molecule has 0 amide bonds. The van der Waals surface area contributed by atoms with Crippen LogP contribution in [0, 0.1) is 5.92 Å². The molecule has 7 heteroatoms. The monoisotopic (exact) mass is 281 g/mol. The van der Waals surface area contributed by atoms with Crippen molar-refractivity contribution in [3.63, 3.8) is 0 Å². The van der Waals surface area contributed by atoms with Gasteiger partial charge in [-0.1, -0.05) is 0 Å². The first-order chi connectivity index (χ1) is 9.63. The summed E-state index contributed by atoms with van der Waals surface area (Å²) in [5.74, 6) is 1.53. The number of aliphatic hydroxyl groups excluding tert-OH is 1. The van der Waals surface area contributed by atoms with Crippen LogP contribution in [0.4, 0.5) is 11.9 Å². The van der Waals surface area contributed by atoms with Gasteiger partial charge < -0.3 is 20.1 Å². The molecule has 2 rings (SSSR count). The van der Waals surface area contributed by atoms with Gasteiger partial charge in [-0.05, 0) is 32.6 Å². The molecule has 112 valence electrons. The van der Waals surface area contributed by atoms with Crippen LogP contribution >= 0.6 is 0 Å². The third kappa shape index (κ3) is 3.47. The van der Waals surface area contributed by atoms with E-state index in [1.165, 1.54) is 0 Å². The third-order valence-corrected chi connectivity index (χ3v) is 3.63. The Hall–Kier alpha value is -1.63. The van der Waals surface area contributed by atoms with Crippen LogP contribution in [0.25, 0.3) is 0 Å². The number of nitrogens with zero attached hydrogens (tertiary/aromatic N) is 4. The number of rotatable bonds is 5. The first-order valence-electron chi connectivity index (χ1n) is 7.11. The molecule has 1 unspecified atom stereocenters. The summed E-state index contributed by atoms with van der Waals surface area (Å²) in [6.45, 7) is 6.28. The molecule has 1 atom stereocenters. The number of aliphatic hydroxyl groups is 1. The predicted molar refractivity (Wildman–Crippen MR) is 77.2 cm³/mol. The van der Waals surface area contributed by atoms with E-state index in [1.54, 1.807) is 7.11 Å². The van der Waals surface area contributed by atoms with Gasteiger partial charge in [-0.2, -0.15) is 15.0 Å². The topological polar surface area (TPSA) is 83.4 Å². The molecule has 7 nitrogen and oxygen atoms in total. The van der Waals surface area contributed by atoms with Gasteiger partial charge in [-0.15, -0.1) is 0 Å². The summed E-state index contributed by atoms with van der Waals surface area (Å²) in [5.41, 5.74) is 0. The van der Waals surface area contributed by atoms with E-state index < -0.39 is 0 Å². The molecule has 0 aliphatic carbocycles. The summed E-state index contributed by atoms with van der Waals surface area (Å²) in [4.78, 5) is 15.0. The van der Waals surface area contributed by atoms with Gasteiger partial charge in [0.1, 0.15) is 0 Å². The molecule has 1 aliphatic rings. The summed E-state index contributed by atoms with van der Waals surface area (Å²) in [6, 6.07) is 0.323. The quantitative estimate of drug-likeness (QED) is 0.830. The molecule has 0 bridgehead atoms. The van der Waals surface area contributed by atoms with E-state index in [-0.39, 0.29) is 6.10 Å². The van der Waals surface area contributed by atoms with Crippen LogP contribution in [0.15, 0.2) is 0 Å². The number of piperidine rings is 1. The molecule has 1 fully saturated rings. The molecule has 1 saturated heterocycles. The molecule has 0 saturated carbocycles. The number of methoxy groups -OCH3 is 1. The summed E-state index contributed by atoms with van der Waals surface area (Å²) >= 11 is 0. The van der Waals surface area contributed by atoms with E-state index in [2.05, 4.69) is 25.2 Å². The predicted octanol–water partition coefficient (Wildman–Crippen LogP) is 0.909. The summed E-state index contributed by atoms with van der Waals surface area (Å²) in [7, 11) is 1.55. The SMILES string of the molecule is CCNc1nc(OC)nc(N2CCC(C(C)O)CC2)n1. The van der Waals surface area contributed by atoms with Crippen molar-refractivity contribution < 1.29 is 9.84 Å². The van der Waals surface area contributed by atoms with Gasteiger partial charge in [0.05, 0.1) is 13.2 Å². The molecular weight excluding hydrogens is 258 g/mol. The van der Waals surface area contributed by atoms with E-state index in [4.69, 9.17) is 4.74 Å². The largest absolute Gasteiger partial charge is 0.467 e. The maximum absolute atomic E-state index is 9.64. The summed E-state index contributed by atoms with van der Waals surface area (Å²) < 4.78 is 5.12. The molecule has 20 heavy (non-hydrogen) atoms. The minimum atomic E-state index is -0.248. The van der Waals surface area contributed by atoms with Gasteiger partial charge in [-0.3, -0.25) is 0 Å². The van der Waals surface area contributed by atoms with Crippen molar-refractivity contribution in [2.24, 2.45) is 5.92 Å². The second kappa shape index (κ2) is 6.69. The molecule has 2 heterocycles. The van der Waals surface area contributed by atoms with Crippen molar-refractivity contribution in [3.8, 4) is 6.01 Å². The van der Waals surface area contributed by atoms with Crippen molar-refractivity contribution in [1.82, 2.24) is 15.0 Å². The molecule has 1 aromatic rings. The lowest BCUT2D eigenvalue weighted by molar-refractivity contribution is 0.109. The lowest BCUT2D eigenvalue weighted by Crippen LogP contribution is -2.38. The van der Waals surface area contributed by atoms with Crippen molar-refractivity contribution in [3.05, 3.63) is 0 Å². The standard InChI is InChI=1S/C13H23N5O2/c1-4-14-11-15-12(17-13(16-11)20-3)18-7-5-10(6-8-18)9(2)19/h9-10,19H,4-8H2,1-3H3,(H,14,15,16,17). The molecule has 2 N–H and O–H groups in total. The fourth-order valence-electron chi connectivity index (χ4n) is 2.40. The third-order valence-electron chi connectivity index (χ3n) is 3.63. The Bertz CT molecular complexity index is 433. The Morgan fingerprint density at radius 2 is 2.05 bits per heavy atom. The number of anilines is 2. The van der Waals surface area contributed by atoms with Crippen LogP contribution in [-0.2, 0) is 0 Å². The maximum atomic E-state index is 9.64. The van der Waals surface area contributed by atoms with E-state index in [0.717, 1.165) is 32.5 Å². The van der Waals surface area contributed by atoms with Gasteiger partial charge >= 0.3 is 6.01 Å². The zero-order chi connectivity index (χ0) is 14.5. The number of hydrogen-bond donors (Lipinski definition) is 2. The average Bonchev–Trinajstić information content (AvgIpc) is 2.47. The smallest absolute Gasteiger partial charge is 0.322 e. The molecular formula is C13H23N5O2. The van der Waals surface area contributed by atoms with Gasteiger partial charge in [-0.25, -0.2) is 0 Å². The Balaban J connectivity index is 2.10. The lowest BCUT2D eigenvalue weighted by Gasteiger charge is -2.33. The normalized spacial score (nSPS) is 17.9. The number of hydrogen-bond acceptors (Lipinski definition) is 7. The van der Waals surface area contributed by atoms with E-state index >= 15 is 0 Å². The highest BCUT2D eigenvalue weighted by Gasteiger charge is 2.24. The van der Waals surface area contributed by atoms with Gasteiger partial charge in [0, 0.05) is 19.6 Å². The van der Waals surface area contributed by atoms with Crippen LogP contribution in [-0.4, -0.2) is 52.9 Å². The van der Waals surface area contributed by atoms with Crippen LogP contribution < -0.4 is 15.0 Å². The lowest BCUT2D eigenvalue weighted by atomic mass is 9.92. The highest BCUT2D eigenvalue weighted by atomic mass is 16.5. The van der Waals surface area contributed by atoms with E-state index in [9.17, 15) is 5.11 Å². The number of aromatic nitrogens is 3. The van der Waals surface area contributed by atoms with Crippen molar-refractivity contribution >= 4 is 11.9 Å². The van der Waals surface area contributed by atoms with Gasteiger partial charge in [0.25, 0.3) is 0 Å². The van der Waals surface area contributed by atoms with Crippen LogP contribution in [0.5, 0.6) is 6.01 Å². The molecule has 0 aromatic carbocycles. The van der Waals surface area contributed by atoms with Crippen LogP contribution in [0.3, 0.4) is 0 Å². The highest BCUT2D eigenvalue weighted by Crippen LogP contribution is 2.24. The van der Waals surface area contributed by atoms with E-state index in [0.29, 0.717) is 23.8 Å². The molecule has 1 aliphatic heterocycles. The zero-order valence-electron chi connectivity index (χ0n) is 12.3. The summed E-state index contributed by atoms with van der Waals surface area (Å²) in [6.07, 6.45) is 1.65. The number of ether oxygens (including phenoxy) is 1. The molecule has 0 radical (unpaired) electrons. The minimum Gasteiger partial charge on any atom is -0.467 e. The van der Waals surface area contributed by atoms with Crippen LogP contribution in [0.2, 0.25) is 0 Å². The Morgan fingerprint density at radius 1 is 1.35 bits per heavy atom. The van der Waals surface area contributed by atoms with Crippen LogP contribution in [0.1, 0.15) is 26.7 Å². The number of nitrogens with one attached hydrogen (secondary N) is 1. The minimum absolute atomic E-state index is 0.248. The van der Waals surface area contributed by atoms with E-state index in [1.807, 2.05) is 13.8 Å². The van der Waals surface area contributed by atoms with Gasteiger partial charge in [0.2, 0.25) is 11.9 Å². The summed E-state index contributed by atoms with van der Waals surface area (Å²) in [5, 5.41) is 12.7. The molecule has 1 aromatic heterocycles. The molecule has 0 spiro atoms. The zero-order valence-corrected chi connectivity index (χ0v) is 12.3. The Kier molecular flexibility index (Phi) is 4.94. The average molecular weight is 281 g/mol. The fraction of sp³-hybridized carbons (Fsp3) is 0.769. The van der Waals surface area contributed by atoms with Gasteiger partial charge in [0.15, 0.2) is 0 Å². The first-order valence-corrected chi connectivity index (χ1v) is 7.11. The van der Waals surface area contributed by atoms with Crippen molar-refractivity contribution in [2.45, 2.75) is 32.8 Å². The second-order valence-electron chi connectivity index (χ2n) is 5.04. The van der Waals surface area contributed by atoms with Crippen molar-refractivity contribution in [1.29, 1.82) is 0 Å². The highest BCUT2D eigenvalue weighted by molar-refractivity contribution is 5.38.